The molecule has 152 valence electrons. The van der Waals surface area contributed by atoms with Crippen molar-refractivity contribution in [3.8, 4) is 0 Å². The maximum atomic E-state index is 12.8. The molecule has 2 aromatic carbocycles. The van der Waals surface area contributed by atoms with Gasteiger partial charge in [-0.3, -0.25) is 4.79 Å². The Kier molecular flexibility index (Phi) is 7.39. The number of carbonyl (C=O) groups excluding carboxylic acids is 3. The first-order valence-electron chi connectivity index (χ1n) is 9.92. The van der Waals surface area contributed by atoms with Gasteiger partial charge in [0, 0.05) is 0 Å². The van der Waals surface area contributed by atoms with Gasteiger partial charge in [-0.25, -0.2) is 4.79 Å². The molecule has 0 aromatic heterocycles. The zero-order valence-corrected chi connectivity index (χ0v) is 16.3. The summed E-state index contributed by atoms with van der Waals surface area (Å²) >= 11 is 0. The Hall–Kier alpha value is -3.15. The molecule has 0 bridgehead atoms. The van der Waals surface area contributed by atoms with E-state index in [4.69, 9.17) is 4.74 Å². The number of hydrogen-bond acceptors (Lipinski definition) is 4. The molecule has 6 heteroatoms. The first kappa shape index (κ1) is 20.6. The molecule has 2 atom stereocenters. The minimum absolute atomic E-state index is 0.0586. The SMILES string of the molecule is O=CC(Cc1ccccc1)NC(=O)C(NC(=O)OCc1ccccc1)C1CCC1. The fraction of sp³-hybridized carbons (Fsp3) is 0.348. The van der Waals surface area contributed by atoms with E-state index in [0.29, 0.717) is 6.42 Å². The summed E-state index contributed by atoms with van der Waals surface area (Å²) in [6.07, 6.45) is 3.26. The summed E-state index contributed by atoms with van der Waals surface area (Å²) < 4.78 is 5.25. The summed E-state index contributed by atoms with van der Waals surface area (Å²) in [7, 11) is 0. The van der Waals surface area contributed by atoms with Gasteiger partial charge in [-0.05, 0) is 36.3 Å². The van der Waals surface area contributed by atoms with E-state index in [1.54, 1.807) is 0 Å². The molecule has 0 spiro atoms. The van der Waals surface area contributed by atoms with Crippen LogP contribution in [-0.4, -0.2) is 30.4 Å². The predicted molar refractivity (Wildman–Crippen MR) is 109 cm³/mol. The smallest absolute Gasteiger partial charge is 0.408 e. The Morgan fingerprint density at radius 1 is 0.966 bits per heavy atom. The Labute approximate surface area is 170 Å². The van der Waals surface area contributed by atoms with Crippen LogP contribution in [0.15, 0.2) is 60.7 Å². The van der Waals surface area contributed by atoms with Crippen LogP contribution >= 0.6 is 0 Å². The molecule has 0 heterocycles. The third-order valence-electron chi connectivity index (χ3n) is 5.18. The van der Waals surface area contributed by atoms with Gasteiger partial charge in [-0.2, -0.15) is 0 Å². The number of carbonyl (C=O) groups is 3. The molecule has 6 nitrogen and oxygen atoms in total. The van der Waals surface area contributed by atoms with E-state index in [0.717, 1.165) is 36.7 Å². The summed E-state index contributed by atoms with van der Waals surface area (Å²) in [5, 5.41) is 5.46. The monoisotopic (exact) mass is 394 g/mol. The van der Waals surface area contributed by atoms with Crippen molar-refractivity contribution in [2.75, 3.05) is 0 Å². The van der Waals surface area contributed by atoms with Crippen LogP contribution < -0.4 is 10.6 Å². The quantitative estimate of drug-likeness (QED) is 0.641. The maximum Gasteiger partial charge on any atom is 0.408 e. The van der Waals surface area contributed by atoms with Crippen LogP contribution in [-0.2, 0) is 27.4 Å². The largest absolute Gasteiger partial charge is 0.445 e. The van der Waals surface area contributed by atoms with Gasteiger partial charge in [0.25, 0.3) is 0 Å². The van der Waals surface area contributed by atoms with Crippen LogP contribution in [0.2, 0.25) is 0 Å². The zero-order chi connectivity index (χ0) is 20.5. The minimum Gasteiger partial charge on any atom is -0.445 e. The van der Waals surface area contributed by atoms with Crippen LogP contribution in [0.1, 0.15) is 30.4 Å². The number of nitrogens with one attached hydrogen (secondary N) is 2. The minimum atomic E-state index is -0.703. The van der Waals surface area contributed by atoms with E-state index in [1.807, 2.05) is 60.7 Å². The molecule has 0 saturated heterocycles. The number of amides is 2. The molecule has 29 heavy (non-hydrogen) atoms. The highest BCUT2D eigenvalue weighted by Gasteiger charge is 2.35. The van der Waals surface area contributed by atoms with Crippen LogP contribution in [0.25, 0.3) is 0 Å². The van der Waals surface area contributed by atoms with Crippen molar-refractivity contribution in [3.63, 3.8) is 0 Å². The molecular formula is C23H26N2O4. The lowest BCUT2D eigenvalue weighted by atomic mass is 9.79. The lowest BCUT2D eigenvalue weighted by Gasteiger charge is -2.33. The molecule has 2 amide bonds. The van der Waals surface area contributed by atoms with Gasteiger partial charge >= 0.3 is 6.09 Å². The molecule has 1 saturated carbocycles. The van der Waals surface area contributed by atoms with Gasteiger partial charge in [0.05, 0.1) is 6.04 Å². The van der Waals surface area contributed by atoms with Gasteiger partial charge in [-0.1, -0.05) is 67.1 Å². The summed E-state index contributed by atoms with van der Waals surface area (Å²) in [4.78, 5) is 36.5. The molecule has 3 rings (SSSR count). The molecule has 2 N–H and O–H groups in total. The summed E-state index contributed by atoms with van der Waals surface area (Å²) in [6, 6.07) is 17.5. The van der Waals surface area contributed by atoms with E-state index < -0.39 is 18.2 Å². The Balaban J connectivity index is 1.56. The lowest BCUT2D eigenvalue weighted by Crippen LogP contribution is -2.55. The lowest BCUT2D eigenvalue weighted by molar-refractivity contribution is -0.127. The van der Waals surface area contributed by atoms with E-state index >= 15 is 0 Å². The molecule has 1 aliphatic carbocycles. The van der Waals surface area contributed by atoms with Crippen molar-refractivity contribution >= 4 is 18.3 Å². The highest BCUT2D eigenvalue weighted by atomic mass is 16.5. The second-order valence-electron chi connectivity index (χ2n) is 7.32. The highest BCUT2D eigenvalue weighted by molar-refractivity contribution is 5.88. The Morgan fingerprint density at radius 2 is 1.59 bits per heavy atom. The van der Waals surface area contributed by atoms with Crippen LogP contribution in [0, 0.1) is 5.92 Å². The average molecular weight is 394 g/mol. The van der Waals surface area contributed by atoms with Gasteiger partial charge in [-0.15, -0.1) is 0 Å². The Bertz CT molecular complexity index is 806. The Morgan fingerprint density at radius 3 is 2.14 bits per heavy atom. The number of aldehydes is 1. The topological polar surface area (TPSA) is 84.5 Å². The number of hydrogen-bond donors (Lipinski definition) is 2. The van der Waals surface area contributed by atoms with E-state index in [9.17, 15) is 14.4 Å². The molecule has 0 radical (unpaired) electrons. The normalized spacial score (nSPS) is 15.4. The fourth-order valence-electron chi connectivity index (χ4n) is 3.34. The van der Waals surface area contributed by atoms with Crippen molar-refractivity contribution in [2.24, 2.45) is 5.92 Å². The van der Waals surface area contributed by atoms with Gasteiger partial charge < -0.3 is 20.2 Å². The van der Waals surface area contributed by atoms with E-state index in [2.05, 4.69) is 10.6 Å². The summed E-state index contributed by atoms with van der Waals surface area (Å²) in [6.45, 7) is 0.136. The molecule has 2 aromatic rings. The van der Waals surface area contributed by atoms with Gasteiger partial charge in [0.15, 0.2) is 0 Å². The second kappa shape index (κ2) is 10.4. The van der Waals surface area contributed by atoms with Crippen LogP contribution in [0.4, 0.5) is 4.79 Å². The number of rotatable bonds is 9. The first-order chi connectivity index (χ1) is 14.2. The van der Waals surface area contributed by atoms with Crippen molar-refractivity contribution in [1.82, 2.24) is 10.6 Å². The van der Waals surface area contributed by atoms with Crippen molar-refractivity contribution in [2.45, 2.75) is 44.4 Å². The zero-order valence-electron chi connectivity index (χ0n) is 16.3. The van der Waals surface area contributed by atoms with Gasteiger partial charge in [0.2, 0.25) is 5.91 Å². The molecule has 1 aliphatic rings. The third kappa shape index (κ3) is 6.17. The summed E-state index contributed by atoms with van der Waals surface area (Å²) in [5.74, 6) is -0.289. The number of ether oxygens (including phenoxy) is 1. The second-order valence-corrected chi connectivity index (χ2v) is 7.32. The van der Waals surface area contributed by atoms with Crippen molar-refractivity contribution in [1.29, 1.82) is 0 Å². The molecular weight excluding hydrogens is 368 g/mol. The van der Waals surface area contributed by atoms with Crippen molar-refractivity contribution in [3.05, 3.63) is 71.8 Å². The maximum absolute atomic E-state index is 12.8. The third-order valence-corrected chi connectivity index (χ3v) is 5.18. The van der Waals surface area contributed by atoms with Crippen LogP contribution in [0.5, 0.6) is 0 Å². The molecule has 1 fully saturated rings. The van der Waals surface area contributed by atoms with Crippen LogP contribution in [0.3, 0.4) is 0 Å². The average Bonchev–Trinajstić information content (AvgIpc) is 2.71. The number of alkyl carbamates (subject to hydrolysis) is 1. The predicted octanol–water partition coefficient (Wildman–Crippen LogP) is 3.01. The number of benzene rings is 2. The van der Waals surface area contributed by atoms with Gasteiger partial charge in [0.1, 0.15) is 18.9 Å². The standard InChI is InChI=1S/C23H26N2O4/c26-15-20(14-17-8-3-1-4-9-17)24-22(27)21(19-12-7-13-19)25-23(28)29-16-18-10-5-2-6-11-18/h1-6,8-11,15,19-21H,7,12-14,16H2,(H,24,27)(H,25,28). The van der Waals surface area contributed by atoms with E-state index in [-0.39, 0.29) is 18.4 Å². The van der Waals surface area contributed by atoms with E-state index in [1.165, 1.54) is 0 Å². The highest BCUT2D eigenvalue weighted by Crippen LogP contribution is 2.30. The van der Waals surface area contributed by atoms with Crippen molar-refractivity contribution < 1.29 is 19.1 Å². The molecule has 2 unspecified atom stereocenters. The summed E-state index contributed by atoms with van der Waals surface area (Å²) in [5.41, 5.74) is 1.83. The first-order valence-corrected chi connectivity index (χ1v) is 9.92. The molecule has 0 aliphatic heterocycles. The fourth-order valence-corrected chi connectivity index (χ4v) is 3.34.